The van der Waals surface area contributed by atoms with E-state index in [1.54, 1.807) is 29.6 Å². The summed E-state index contributed by atoms with van der Waals surface area (Å²) in [5.41, 5.74) is 2.54. The van der Waals surface area contributed by atoms with Crippen molar-refractivity contribution in [2.75, 3.05) is 33.4 Å². The molecule has 2 aromatic rings. The monoisotopic (exact) mass is 430 g/mol. The molecule has 0 aliphatic carbocycles. The van der Waals surface area contributed by atoms with Gasteiger partial charge in [-0.15, -0.1) is 0 Å². The van der Waals surface area contributed by atoms with Gasteiger partial charge < -0.3 is 9.47 Å². The predicted molar refractivity (Wildman–Crippen MR) is 116 cm³/mol. The number of aryl methyl sites for hydroxylation is 1. The van der Waals surface area contributed by atoms with Gasteiger partial charge in [-0.3, -0.25) is 4.90 Å². The van der Waals surface area contributed by atoms with E-state index in [0.29, 0.717) is 18.9 Å². The molecule has 2 aliphatic rings. The fourth-order valence-electron chi connectivity index (χ4n) is 4.50. The van der Waals surface area contributed by atoms with E-state index in [2.05, 4.69) is 36.1 Å². The summed E-state index contributed by atoms with van der Waals surface area (Å²) in [5, 5.41) is 0. The first kappa shape index (κ1) is 21.3. The quantitative estimate of drug-likeness (QED) is 0.730. The molecule has 4 rings (SSSR count). The highest BCUT2D eigenvalue weighted by molar-refractivity contribution is 7.89. The third kappa shape index (κ3) is 4.39. The Morgan fingerprint density at radius 1 is 1.10 bits per heavy atom. The minimum Gasteiger partial charge on any atom is -0.487 e. The number of para-hydroxylation sites is 1. The van der Waals surface area contributed by atoms with E-state index in [4.69, 9.17) is 9.47 Å². The number of fused-ring (bicyclic) bond motifs is 2. The first-order valence-corrected chi connectivity index (χ1v) is 12.0. The van der Waals surface area contributed by atoms with Gasteiger partial charge in [0.25, 0.3) is 0 Å². The first-order chi connectivity index (χ1) is 14.5. The summed E-state index contributed by atoms with van der Waals surface area (Å²) in [6.07, 6.45) is 1.33. The van der Waals surface area contributed by atoms with Crippen LogP contribution in [-0.2, 0) is 21.3 Å². The second-order valence-electron chi connectivity index (χ2n) is 8.12. The molecule has 0 radical (unpaired) electrons. The minimum absolute atomic E-state index is 0.178. The Bertz CT molecular complexity index is 979. The van der Waals surface area contributed by atoms with Gasteiger partial charge in [0.1, 0.15) is 16.7 Å². The van der Waals surface area contributed by atoms with Crippen molar-refractivity contribution in [2.24, 2.45) is 0 Å². The Morgan fingerprint density at radius 2 is 1.90 bits per heavy atom. The fraction of sp³-hybridized carbons (Fsp3) is 0.478. The molecule has 0 spiro atoms. The number of hydrogen-bond donors (Lipinski definition) is 0. The van der Waals surface area contributed by atoms with Crippen LogP contribution in [0.1, 0.15) is 24.0 Å². The predicted octanol–water partition coefficient (Wildman–Crippen LogP) is 3.06. The van der Waals surface area contributed by atoms with Gasteiger partial charge in [0.15, 0.2) is 0 Å². The first-order valence-electron chi connectivity index (χ1n) is 10.5. The lowest BCUT2D eigenvalue weighted by Crippen LogP contribution is -2.48. The molecule has 1 fully saturated rings. The van der Waals surface area contributed by atoms with Gasteiger partial charge in [-0.1, -0.05) is 42.0 Å². The van der Waals surface area contributed by atoms with Crippen LogP contribution in [0.4, 0.5) is 0 Å². The summed E-state index contributed by atoms with van der Waals surface area (Å²) in [6, 6.07) is 15.3. The lowest BCUT2D eigenvalue weighted by molar-refractivity contribution is 0.0958. The van der Waals surface area contributed by atoms with Crippen LogP contribution in [0.15, 0.2) is 53.4 Å². The molecule has 1 saturated heterocycles. The van der Waals surface area contributed by atoms with E-state index in [-0.39, 0.29) is 17.0 Å². The van der Waals surface area contributed by atoms with Crippen LogP contribution in [0.2, 0.25) is 0 Å². The smallest absolute Gasteiger partial charge is 0.247 e. The zero-order valence-electron chi connectivity index (χ0n) is 17.7. The fourth-order valence-corrected chi connectivity index (χ4v) is 6.29. The van der Waals surface area contributed by atoms with Crippen molar-refractivity contribution in [3.05, 3.63) is 59.7 Å². The maximum atomic E-state index is 13.5. The number of likely N-dealkylation sites (tertiary alicyclic amines) is 1. The lowest BCUT2D eigenvalue weighted by atomic mass is 10.1. The van der Waals surface area contributed by atoms with Crippen molar-refractivity contribution < 1.29 is 17.9 Å². The van der Waals surface area contributed by atoms with Crippen LogP contribution in [-0.4, -0.2) is 63.1 Å². The van der Waals surface area contributed by atoms with Crippen molar-refractivity contribution >= 4 is 10.0 Å². The number of sulfonamides is 1. The van der Waals surface area contributed by atoms with Crippen molar-refractivity contribution in [1.82, 2.24) is 9.21 Å². The van der Waals surface area contributed by atoms with Crippen LogP contribution in [0.3, 0.4) is 0 Å². The number of ether oxygens (including phenoxy) is 2. The third-order valence-corrected chi connectivity index (χ3v) is 7.95. The van der Waals surface area contributed by atoms with Gasteiger partial charge in [0, 0.05) is 33.3 Å². The molecule has 162 valence electrons. The Labute approximate surface area is 179 Å². The van der Waals surface area contributed by atoms with Crippen LogP contribution < -0.4 is 4.74 Å². The number of rotatable bonds is 5. The zero-order valence-corrected chi connectivity index (χ0v) is 18.5. The number of hydrogen-bond acceptors (Lipinski definition) is 5. The molecule has 0 saturated carbocycles. The largest absolute Gasteiger partial charge is 0.487 e. The normalized spacial score (nSPS) is 24.2. The maximum Gasteiger partial charge on any atom is 0.247 e. The summed E-state index contributed by atoms with van der Waals surface area (Å²) in [7, 11) is -2.05. The molecule has 2 aromatic carbocycles. The summed E-state index contributed by atoms with van der Waals surface area (Å²) in [4.78, 5) is 2.66. The molecular formula is C23H30N2O4S. The molecule has 2 atom stereocenters. The van der Waals surface area contributed by atoms with Crippen molar-refractivity contribution in [1.29, 1.82) is 0 Å². The molecule has 0 aromatic heterocycles. The molecule has 2 aliphatic heterocycles. The van der Waals surface area contributed by atoms with Crippen molar-refractivity contribution in [3.63, 3.8) is 0 Å². The highest BCUT2D eigenvalue weighted by atomic mass is 32.2. The Hall–Kier alpha value is -1.93. The molecule has 0 amide bonds. The number of benzene rings is 2. The average molecular weight is 431 g/mol. The second-order valence-corrected chi connectivity index (χ2v) is 9.98. The number of nitrogens with zero attached hydrogens (tertiary/aromatic N) is 2. The van der Waals surface area contributed by atoms with E-state index in [1.807, 2.05) is 6.07 Å². The number of methoxy groups -OCH3 is 1. The highest BCUT2D eigenvalue weighted by Crippen LogP contribution is 2.36. The maximum absolute atomic E-state index is 13.5. The van der Waals surface area contributed by atoms with Gasteiger partial charge >= 0.3 is 0 Å². The minimum atomic E-state index is -3.65. The zero-order chi connectivity index (χ0) is 21.1. The molecule has 0 bridgehead atoms. The van der Waals surface area contributed by atoms with E-state index < -0.39 is 10.0 Å². The standard InChI is InChI=1S/C23H30N2O4S/c1-18-6-5-7-19(16-18)17-24-12-10-20-21(11-13-24)29-22-8-3-4-9-23(22)30(26,27)25(20)14-15-28-2/h3-9,16,20-21H,10-15,17H2,1-2H3/t20-,21-/m0/s1. The molecular weight excluding hydrogens is 400 g/mol. The SMILES string of the molecule is COCCN1[C@H]2CCN(Cc3cccc(C)c3)CC[C@@H]2Oc2ccccc2S1(=O)=O. The summed E-state index contributed by atoms with van der Waals surface area (Å²) in [5.74, 6) is 0.458. The summed E-state index contributed by atoms with van der Waals surface area (Å²) >= 11 is 0. The van der Waals surface area contributed by atoms with Crippen molar-refractivity contribution in [2.45, 2.75) is 43.4 Å². The summed E-state index contributed by atoms with van der Waals surface area (Å²) in [6.45, 7) is 5.35. The highest BCUT2D eigenvalue weighted by Gasteiger charge is 2.43. The van der Waals surface area contributed by atoms with Crippen LogP contribution in [0, 0.1) is 6.92 Å². The molecule has 7 heteroatoms. The van der Waals surface area contributed by atoms with Gasteiger partial charge in [-0.25, -0.2) is 8.42 Å². The lowest BCUT2D eigenvalue weighted by Gasteiger charge is -2.31. The topological polar surface area (TPSA) is 59.1 Å². The molecule has 30 heavy (non-hydrogen) atoms. The van der Waals surface area contributed by atoms with E-state index in [0.717, 1.165) is 32.5 Å². The second kappa shape index (κ2) is 9.06. The Kier molecular flexibility index (Phi) is 6.43. The van der Waals surface area contributed by atoms with Gasteiger partial charge in [-0.05, 0) is 37.5 Å². The van der Waals surface area contributed by atoms with E-state index in [9.17, 15) is 8.42 Å². The van der Waals surface area contributed by atoms with Crippen LogP contribution in [0.5, 0.6) is 5.75 Å². The van der Waals surface area contributed by atoms with Crippen LogP contribution in [0.25, 0.3) is 0 Å². The van der Waals surface area contributed by atoms with E-state index in [1.165, 1.54) is 11.1 Å². The van der Waals surface area contributed by atoms with Crippen LogP contribution >= 0.6 is 0 Å². The third-order valence-electron chi connectivity index (χ3n) is 5.99. The molecule has 0 unspecified atom stereocenters. The Balaban J connectivity index is 1.60. The van der Waals surface area contributed by atoms with E-state index >= 15 is 0 Å². The molecule has 2 heterocycles. The van der Waals surface area contributed by atoms with Gasteiger partial charge in [0.05, 0.1) is 12.6 Å². The van der Waals surface area contributed by atoms with Gasteiger partial charge in [-0.2, -0.15) is 4.31 Å². The molecule has 0 N–H and O–H groups in total. The summed E-state index contributed by atoms with van der Waals surface area (Å²) < 4.78 is 40.1. The average Bonchev–Trinajstić information content (AvgIpc) is 2.95. The van der Waals surface area contributed by atoms with Crippen molar-refractivity contribution in [3.8, 4) is 5.75 Å². The molecule has 6 nitrogen and oxygen atoms in total. The van der Waals surface area contributed by atoms with Gasteiger partial charge in [0.2, 0.25) is 10.0 Å². The Morgan fingerprint density at radius 3 is 2.70 bits per heavy atom.